The molecule has 1 atom stereocenters. The molecule has 0 aliphatic heterocycles. The third-order valence-electron chi connectivity index (χ3n) is 4.62. The van der Waals surface area contributed by atoms with Crippen LogP contribution >= 0.6 is 11.6 Å². The van der Waals surface area contributed by atoms with E-state index in [0.29, 0.717) is 28.3 Å². The molecule has 3 aromatic carbocycles. The van der Waals surface area contributed by atoms with Gasteiger partial charge in [0.1, 0.15) is 6.04 Å². The van der Waals surface area contributed by atoms with Crippen molar-refractivity contribution >= 4 is 29.4 Å². The molecule has 0 saturated carbocycles. The average molecular weight is 437 g/mol. The fraction of sp³-hybridized carbons (Fsp3) is 0.125. The van der Waals surface area contributed by atoms with Crippen molar-refractivity contribution < 1.29 is 19.1 Å². The molecule has 1 unspecified atom stereocenters. The number of hydrogen-bond acceptors (Lipinski definition) is 4. The second-order valence-electron chi connectivity index (χ2n) is 6.73. The van der Waals surface area contributed by atoms with E-state index in [0.717, 1.165) is 5.56 Å². The summed E-state index contributed by atoms with van der Waals surface area (Å²) >= 11 is 5.90. The maximum atomic E-state index is 12.9. The SMILES string of the molecule is COC(=O)c1ccc(C(=O)NC(C(=O)NCc2ccc(Cl)cc2)c2ccccc2)cc1. The Balaban J connectivity index is 1.74. The Morgan fingerprint density at radius 1 is 0.871 bits per heavy atom. The number of carbonyl (C=O) groups is 3. The first kappa shape index (κ1) is 22.1. The molecule has 6 nitrogen and oxygen atoms in total. The van der Waals surface area contributed by atoms with Crippen LogP contribution in [-0.2, 0) is 16.1 Å². The molecular formula is C24H21ClN2O4. The molecule has 0 fully saturated rings. The largest absolute Gasteiger partial charge is 0.465 e. The zero-order chi connectivity index (χ0) is 22.2. The highest BCUT2D eigenvalue weighted by Gasteiger charge is 2.23. The number of esters is 1. The summed E-state index contributed by atoms with van der Waals surface area (Å²) in [5.74, 6) is -1.27. The van der Waals surface area contributed by atoms with Crippen LogP contribution in [0.25, 0.3) is 0 Å². The summed E-state index contributed by atoms with van der Waals surface area (Å²) in [6.07, 6.45) is 0. The van der Waals surface area contributed by atoms with Gasteiger partial charge in [-0.3, -0.25) is 9.59 Å². The van der Waals surface area contributed by atoms with Crippen LogP contribution in [0, 0.1) is 0 Å². The van der Waals surface area contributed by atoms with Crippen LogP contribution < -0.4 is 10.6 Å². The van der Waals surface area contributed by atoms with Crippen molar-refractivity contribution in [1.29, 1.82) is 0 Å². The molecule has 0 aromatic heterocycles. The third kappa shape index (κ3) is 5.93. The van der Waals surface area contributed by atoms with Crippen molar-refractivity contribution in [2.24, 2.45) is 0 Å². The summed E-state index contributed by atoms with van der Waals surface area (Å²) in [6.45, 7) is 0.295. The van der Waals surface area contributed by atoms with Crippen LogP contribution in [0.2, 0.25) is 5.02 Å². The van der Waals surface area contributed by atoms with Gasteiger partial charge in [-0.1, -0.05) is 54.1 Å². The Bertz CT molecular complexity index is 1050. The quantitative estimate of drug-likeness (QED) is 0.550. The summed E-state index contributed by atoms with van der Waals surface area (Å²) in [5.41, 5.74) is 2.18. The predicted molar refractivity (Wildman–Crippen MR) is 118 cm³/mol. The highest BCUT2D eigenvalue weighted by molar-refractivity contribution is 6.30. The van der Waals surface area contributed by atoms with Crippen molar-refractivity contribution in [2.45, 2.75) is 12.6 Å². The Labute approximate surface area is 185 Å². The molecule has 7 heteroatoms. The molecule has 0 radical (unpaired) electrons. The summed E-state index contributed by atoms with van der Waals surface area (Å²) in [4.78, 5) is 37.3. The summed E-state index contributed by atoms with van der Waals surface area (Å²) in [7, 11) is 1.29. The van der Waals surface area contributed by atoms with Gasteiger partial charge in [0.15, 0.2) is 0 Å². The fourth-order valence-corrected chi connectivity index (χ4v) is 3.06. The minimum atomic E-state index is -0.888. The maximum absolute atomic E-state index is 12.9. The molecule has 0 aliphatic carbocycles. The van der Waals surface area contributed by atoms with Gasteiger partial charge in [-0.25, -0.2) is 4.79 Å². The van der Waals surface area contributed by atoms with E-state index in [1.807, 2.05) is 18.2 Å². The lowest BCUT2D eigenvalue weighted by Gasteiger charge is -2.19. The third-order valence-corrected chi connectivity index (χ3v) is 4.87. The normalized spacial score (nSPS) is 11.3. The first-order valence-corrected chi connectivity index (χ1v) is 9.92. The summed E-state index contributed by atoms with van der Waals surface area (Å²) in [5, 5.41) is 6.23. The van der Waals surface area contributed by atoms with Gasteiger partial charge in [-0.15, -0.1) is 0 Å². The van der Waals surface area contributed by atoms with Crippen molar-refractivity contribution in [1.82, 2.24) is 10.6 Å². The van der Waals surface area contributed by atoms with Crippen molar-refractivity contribution in [3.8, 4) is 0 Å². The molecule has 2 amide bonds. The zero-order valence-electron chi connectivity index (χ0n) is 16.8. The lowest BCUT2D eigenvalue weighted by molar-refractivity contribution is -0.123. The highest BCUT2D eigenvalue weighted by Crippen LogP contribution is 2.16. The number of methoxy groups -OCH3 is 1. The van der Waals surface area contributed by atoms with Crippen molar-refractivity contribution in [2.75, 3.05) is 7.11 Å². The van der Waals surface area contributed by atoms with Crippen LogP contribution in [0.3, 0.4) is 0 Å². The fourth-order valence-electron chi connectivity index (χ4n) is 2.93. The predicted octanol–water partition coefficient (Wildman–Crippen LogP) is 3.91. The minimum absolute atomic E-state index is 0.295. The van der Waals surface area contributed by atoms with Crippen molar-refractivity contribution in [3.05, 3.63) is 106 Å². The molecule has 0 bridgehead atoms. The number of ether oxygens (including phenoxy) is 1. The molecule has 2 N–H and O–H groups in total. The second-order valence-corrected chi connectivity index (χ2v) is 7.17. The molecular weight excluding hydrogens is 416 g/mol. The molecule has 3 aromatic rings. The van der Waals surface area contributed by atoms with E-state index in [2.05, 4.69) is 15.4 Å². The van der Waals surface area contributed by atoms with Crippen molar-refractivity contribution in [3.63, 3.8) is 0 Å². The van der Waals surface area contributed by atoms with Crippen LogP contribution in [0.5, 0.6) is 0 Å². The van der Waals surface area contributed by atoms with Gasteiger partial charge in [0.25, 0.3) is 5.91 Å². The van der Waals surface area contributed by atoms with E-state index >= 15 is 0 Å². The number of carbonyl (C=O) groups excluding carboxylic acids is 3. The summed E-state index contributed by atoms with van der Waals surface area (Å²) < 4.78 is 4.66. The highest BCUT2D eigenvalue weighted by atomic mass is 35.5. The van der Waals surface area contributed by atoms with E-state index < -0.39 is 17.9 Å². The number of amides is 2. The Morgan fingerprint density at radius 3 is 2.10 bits per heavy atom. The van der Waals surface area contributed by atoms with Gasteiger partial charge < -0.3 is 15.4 Å². The second kappa shape index (κ2) is 10.4. The minimum Gasteiger partial charge on any atom is -0.465 e. The molecule has 0 heterocycles. The molecule has 158 valence electrons. The summed E-state index contributed by atoms with van der Waals surface area (Å²) in [6, 6.07) is 21.2. The number of rotatable bonds is 7. The number of hydrogen-bond donors (Lipinski definition) is 2. The Kier molecular flexibility index (Phi) is 7.40. The first-order chi connectivity index (χ1) is 15.0. The zero-order valence-corrected chi connectivity index (χ0v) is 17.6. The molecule has 0 aliphatic rings. The van der Waals surface area contributed by atoms with Crippen LogP contribution in [0.4, 0.5) is 0 Å². The van der Waals surface area contributed by atoms with Gasteiger partial charge in [0.2, 0.25) is 5.91 Å². The number of halogens is 1. The number of benzene rings is 3. The first-order valence-electron chi connectivity index (χ1n) is 9.54. The van der Waals surface area contributed by atoms with Gasteiger partial charge in [0.05, 0.1) is 12.7 Å². The van der Waals surface area contributed by atoms with Gasteiger partial charge in [-0.2, -0.15) is 0 Å². The van der Waals surface area contributed by atoms with E-state index in [4.69, 9.17) is 11.6 Å². The molecule has 3 rings (SSSR count). The van der Waals surface area contributed by atoms with E-state index in [-0.39, 0.29) is 5.91 Å². The maximum Gasteiger partial charge on any atom is 0.337 e. The molecule has 0 spiro atoms. The van der Waals surface area contributed by atoms with Gasteiger partial charge in [-0.05, 0) is 47.5 Å². The van der Waals surface area contributed by atoms with Crippen LogP contribution in [0.15, 0.2) is 78.9 Å². The van der Waals surface area contributed by atoms with E-state index in [1.165, 1.54) is 31.4 Å². The number of nitrogens with one attached hydrogen (secondary N) is 2. The van der Waals surface area contributed by atoms with Crippen LogP contribution in [-0.4, -0.2) is 24.9 Å². The smallest absolute Gasteiger partial charge is 0.337 e. The van der Waals surface area contributed by atoms with E-state index in [1.54, 1.807) is 36.4 Å². The molecule has 31 heavy (non-hydrogen) atoms. The van der Waals surface area contributed by atoms with Crippen LogP contribution in [0.1, 0.15) is 37.9 Å². The monoisotopic (exact) mass is 436 g/mol. The van der Waals surface area contributed by atoms with Gasteiger partial charge in [0, 0.05) is 17.1 Å². The Morgan fingerprint density at radius 2 is 1.48 bits per heavy atom. The molecule has 0 saturated heterocycles. The standard InChI is InChI=1S/C24H21ClN2O4/c1-31-24(30)19-11-9-18(10-12-19)22(28)27-21(17-5-3-2-4-6-17)23(29)26-15-16-7-13-20(25)14-8-16/h2-14,21H,15H2,1H3,(H,26,29)(H,27,28). The Hall–Kier alpha value is -3.64. The average Bonchev–Trinajstić information content (AvgIpc) is 2.82. The van der Waals surface area contributed by atoms with E-state index in [9.17, 15) is 14.4 Å². The lowest BCUT2D eigenvalue weighted by atomic mass is 10.0. The topological polar surface area (TPSA) is 84.5 Å². The van der Waals surface area contributed by atoms with Gasteiger partial charge >= 0.3 is 5.97 Å². The lowest BCUT2D eigenvalue weighted by Crippen LogP contribution is -2.40.